The monoisotopic (exact) mass is 299 g/mol. The molecule has 4 nitrogen and oxygen atoms in total. The molecule has 0 radical (unpaired) electrons. The Hall–Kier alpha value is -2.17. The summed E-state index contributed by atoms with van der Waals surface area (Å²) in [5.41, 5.74) is 3.95. The van der Waals surface area contributed by atoms with E-state index in [4.69, 9.17) is 14.3 Å². The number of nitrogens with zero attached hydrogens (tertiary/aromatic N) is 1. The topological polar surface area (TPSA) is 40.0 Å². The smallest absolute Gasteiger partial charge is 0.142 e. The van der Waals surface area contributed by atoms with Gasteiger partial charge in [-0.1, -0.05) is 59.8 Å². The zero-order chi connectivity index (χ0) is 15.6. The average Bonchev–Trinajstić information content (AvgIpc) is 2.56. The number of methoxy groups -OCH3 is 2. The number of benzene rings is 2. The van der Waals surface area contributed by atoms with Crippen molar-refractivity contribution in [3.8, 4) is 0 Å². The van der Waals surface area contributed by atoms with E-state index < -0.39 is 0 Å². The van der Waals surface area contributed by atoms with Crippen LogP contribution in [-0.2, 0) is 27.5 Å². The largest absolute Gasteiger partial charge is 0.391 e. The molecule has 2 rings (SSSR count). The second-order valence-corrected chi connectivity index (χ2v) is 4.86. The van der Waals surface area contributed by atoms with Gasteiger partial charge in [-0.25, -0.2) is 0 Å². The van der Waals surface area contributed by atoms with E-state index in [-0.39, 0.29) is 0 Å². The van der Waals surface area contributed by atoms with Crippen LogP contribution in [0.3, 0.4) is 0 Å². The molecule has 4 heteroatoms. The lowest BCUT2D eigenvalue weighted by Crippen LogP contribution is -2.10. The van der Waals surface area contributed by atoms with Gasteiger partial charge in [-0.2, -0.15) is 0 Å². The predicted octanol–water partition coefficient (Wildman–Crippen LogP) is 3.40. The van der Waals surface area contributed by atoms with Crippen LogP contribution in [0.5, 0.6) is 0 Å². The molecule has 0 fully saturated rings. The predicted molar refractivity (Wildman–Crippen MR) is 86.8 cm³/mol. The number of oxime groups is 1. The molecule has 0 aliphatic rings. The molecule has 0 saturated heterocycles. The van der Waals surface area contributed by atoms with E-state index in [1.165, 1.54) is 0 Å². The maximum atomic E-state index is 5.45. The summed E-state index contributed by atoms with van der Waals surface area (Å²) in [5, 5.41) is 4.22. The Morgan fingerprint density at radius 3 is 2.14 bits per heavy atom. The van der Waals surface area contributed by atoms with Gasteiger partial charge in [0.1, 0.15) is 12.3 Å². The Labute approximate surface area is 131 Å². The molecule has 0 saturated carbocycles. The molecule has 2 aromatic rings. The van der Waals surface area contributed by atoms with E-state index in [1.54, 1.807) is 14.2 Å². The van der Waals surface area contributed by atoms with E-state index in [0.717, 1.165) is 22.4 Å². The fourth-order valence-electron chi connectivity index (χ4n) is 2.02. The van der Waals surface area contributed by atoms with Gasteiger partial charge >= 0.3 is 0 Å². The van der Waals surface area contributed by atoms with Gasteiger partial charge in [0.25, 0.3) is 0 Å². The van der Waals surface area contributed by atoms with Gasteiger partial charge in [0.2, 0.25) is 0 Å². The fourth-order valence-corrected chi connectivity index (χ4v) is 2.02. The van der Waals surface area contributed by atoms with E-state index in [1.807, 2.05) is 54.6 Å². The van der Waals surface area contributed by atoms with Gasteiger partial charge in [-0.05, 0) is 11.1 Å². The van der Waals surface area contributed by atoms with Gasteiger partial charge in [0.15, 0.2) is 0 Å². The summed E-state index contributed by atoms with van der Waals surface area (Å²) in [6.45, 7) is 1.44. The van der Waals surface area contributed by atoms with Crippen molar-refractivity contribution in [2.24, 2.45) is 5.16 Å². The lowest BCUT2D eigenvalue weighted by atomic mass is 10.1. The minimum Gasteiger partial charge on any atom is -0.391 e. The summed E-state index contributed by atoms with van der Waals surface area (Å²) >= 11 is 0. The average molecular weight is 299 g/mol. The molecule has 0 aliphatic heterocycles. The van der Waals surface area contributed by atoms with Gasteiger partial charge in [0, 0.05) is 19.8 Å². The molecule has 0 unspecified atom stereocenters. The van der Waals surface area contributed by atoms with Gasteiger partial charge < -0.3 is 14.3 Å². The summed E-state index contributed by atoms with van der Waals surface area (Å²) in [4.78, 5) is 5.45. The Morgan fingerprint density at radius 1 is 0.818 bits per heavy atom. The van der Waals surface area contributed by atoms with Gasteiger partial charge in [-0.15, -0.1) is 0 Å². The molecule has 0 N–H and O–H groups in total. The van der Waals surface area contributed by atoms with Crippen LogP contribution in [-0.4, -0.2) is 26.5 Å². The second-order valence-electron chi connectivity index (χ2n) is 4.86. The molecule has 0 amide bonds. The van der Waals surface area contributed by atoms with E-state index in [9.17, 15) is 0 Å². The first kappa shape index (κ1) is 16.2. The lowest BCUT2D eigenvalue weighted by molar-refractivity contribution is 0.127. The van der Waals surface area contributed by atoms with E-state index in [2.05, 4.69) is 5.16 Å². The highest BCUT2D eigenvalue weighted by Gasteiger charge is 2.05. The summed E-state index contributed by atoms with van der Waals surface area (Å²) in [6, 6.07) is 18.0. The Kier molecular flexibility index (Phi) is 6.61. The molecule has 0 heterocycles. The van der Waals surface area contributed by atoms with E-state index in [0.29, 0.717) is 19.8 Å². The number of hydrogen-bond donors (Lipinski definition) is 0. The Morgan fingerprint density at radius 2 is 1.50 bits per heavy atom. The molecule has 0 atom stereocenters. The van der Waals surface area contributed by atoms with Crippen molar-refractivity contribution in [2.45, 2.75) is 13.2 Å². The van der Waals surface area contributed by atoms with Crippen molar-refractivity contribution < 1.29 is 14.3 Å². The van der Waals surface area contributed by atoms with Crippen molar-refractivity contribution in [1.82, 2.24) is 0 Å². The van der Waals surface area contributed by atoms with Crippen molar-refractivity contribution >= 4 is 5.71 Å². The first-order valence-electron chi connectivity index (χ1n) is 7.13. The molecule has 0 bridgehead atoms. The minimum absolute atomic E-state index is 0.401. The fraction of sp³-hybridized carbons (Fsp3) is 0.278. The third kappa shape index (κ3) is 4.98. The third-order valence-electron chi connectivity index (χ3n) is 3.13. The van der Waals surface area contributed by atoms with Gasteiger partial charge in [0.05, 0.1) is 13.2 Å². The summed E-state index contributed by atoms with van der Waals surface area (Å²) in [7, 11) is 3.33. The molecule has 2 aromatic carbocycles. The standard InChI is InChI=1S/C18H21NO3/c1-20-12-16-8-10-17(11-9-16)18(14-21-2)19-22-13-15-6-4-3-5-7-15/h3-11H,12-14H2,1-2H3/b19-18+. The SMILES string of the molecule is COC/C(=N\OCc1ccccc1)c1ccc(COC)cc1. The van der Waals surface area contributed by atoms with Crippen LogP contribution in [0.1, 0.15) is 16.7 Å². The number of ether oxygens (including phenoxy) is 2. The summed E-state index contributed by atoms with van der Waals surface area (Å²) < 4.78 is 10.3. The van der Waals surface area contributed by atoms with Crippen LogP contribution in [0.2, 0.25) is 0 Å². The van der Waals surface area contributed by atoms with Crippen LogP contribution in [0.15, 0.2) is 59.8 Å². The quantitative estimate of drug-likeness (QED) is 0.554. The zero-order valence-corrected chi connectivity index (χ0v) is 13.0. The highest BCUT2D eigenvalue weighted by Crippen LogP contribution is 2.09. The molecule has 0 aromatic heterocycles. The number of hydrogen-bond acceptors (Lipinski definition) is 4. The van der Waals surface area contributed by atoms with Crippen molar-refractivity contribution in [2.75, 3.05) is 20.8 Å². The Balaban J connectivity index is 2.03. The van der Waals surface area contributed by atoms with Crippen molar-refractivity contribution in [1.29, 1.82) is 0 Å². The molecule has 22 heavy (non-hydrogen) atoms. The second kappa shape index (κ2) is 8.97. The maximum Gasteiger partial charge on any atom is 0.142 e. The molecular weight excluding hydrogens is 278 g/mol. The first-order chi connectivity index (χ1) is 10.8. The molecular formula is C18H21NO3. The van der Waals surface area contributed by atoms with Crippen LogP contribution in [0.4, 0.5) is 0 Å². The minimum atomic E-state index is 0.401. The zero-order valence-electron chi connectivity index (χ0n) is 13.0. The normalized spacial score (nSPS) is 11.5. The highest BCUT2D eigenvalue weighted by molar-refractivity contribution is 6.01. The van der Waals surface area contributed by atoms with Crippen molar-refractivity contribution in [3.05, 3.63) is 71.3 Å². The van der Waals surface area contributed by atoms with Crippen LogP contribution >= 0.6 is 0 Å². The highest BCUT2D eigenvalue weighted by atomic mass is 16.6. The Bertz CT molecular complexity index is 579. The maximum absolute atomic E-state index is 5.45. The number of rotatable bonds is 8. The van der Waals surface area contributed by atoms with Crippen molar-refractivity contribution in [3.63, 3.8) is 0 Å². The van der Waals surface area contributed by atoms with Gasteiger partial charge in [-0.3, -0.25) is 0 Å². The molecule has 0 spiro atoms. The lowest BCUT2D eigenvalue weighted by Gasteiger charge is -2.07. The molecule has 0 aliphatic carbocycles. The van der Waals surface area contributed by atoms with E-state index >= 15 is 0 Å². The summed E-state index contributed by atoms with van der Waals surface area (Å²) in [6.07, 6.45) is 0. The van der Waals surface area contributed by atoms with Crippen LogP contribution in [0, 0.1) is 0 Å². The third-order valence-corrected chi connectivity index (χ3v) is 3.13. The van der Waals surface area contributed by atoms with Crippen LogP contribution in [0.25, 0.3) is 0 Å². The first-order valence-corrected chi connectivity index (χ1v) is 7.13. The summed E-state index contributed by atoms with van der Waals surface area (Å²) in [5.74, 6) is 0. The molecule has 116 valence electrons. The van der Waals surface area contributed by atoms with Crippen LogP contribution < -0.4 is 0 Å².